The van der Waals surface area contributed by atoms with E-state index in [9.17, 15) is 0 Å². The van der Waals surface area contributed by atoms with Crippen molar-refractivity contribution in [2.45, 2.75) is 58.5 Å². The smallest absolute Gasteiger partial charge is 0.0615 e. The van der Waals surface area contributed by atoms with Gasteiger partial charge in [-0.15, -0.1) is 0 Å². The van der Waals surface area contributed by atoms with Crippen LogP contribution in [-0.4, -0.2) is 37.5 Å². The minimum atomic E-state index is 0.253. The van der Waals surface area contributed by atoms with E-state index in [0.717, 1.165) is 19.4 Å². The number of methoxy groups -OCH3 is 1. The van der Waals surface area contributed by atoms with E-state index < -0.39 is 0 Å². The van der Waals surface area contributed by atoms with E-state index in [2.05, 4.69) is 26.1 Å². The monoisotopic (exact) mass is 231 g/mol. The Morgan fingerprint density at radius 3 is 2.38 bits per heavy atom. The first-order valence-electron chi connectivity index (χ1n) is 6.51. The summed E-state index contributed by atoms with van der Waals surface area (Å²) < 4.78 is 5.23. The van der Waals surface area contributed by atoms with Crippen LogP contribution in [0.1, 0.15) is 46.5 Å². The summed E-state index contributed by atoms with van der Waals surface area (Å²) in [5, 5.41) is 12.6. The molecule has 0 rings (SSSR count). The predicted octanol–water partition coefficient (Wildman–Crippen LogP) is 2.19. The minimum Gasteiger partial charge on any atom is -0.396 e. The molecule has 0 aliphatic heterocycles. The van der Waals surface area contributed by atoms with E-state index in [1.165, 1.54) is 12.8 Å². The molecule has 2 atom stereocenters. The summed E-state index contributed by atoms with van der Waals surface area (Å²) in [7, 11) is 1.75. The molecule has 0 heterocycles. The average molecular weight is 231 g/mol. The Labute approximate surface area is 101 Å². The highest BCUT2D eigenvalue weighted by atomic mass is 16.5. The van der Waals surface area contributed by atoms with Gasteiger partial charge in [-0.1, -0.05) is 33.6 Å². The van der Waals surface area contributed by atoms with Crippen LogP contribution >= 0.6 is 0 Å². The Morgan fingerprint density at radius 1 is 1.25 bits per heavy atom. The zero-order valence-electron chi connectivity index (χ0n) is 11.3. The normalized spacial score (nSPS) is 15.4. The number of hydrogen-bond donors (Lipinski definition) is 2. The van der Waals surface area contributed by atoms with Gasteiger partial charge in [0.2, 0.25) is 0 Å². The van der Waals surface area contributed by atoms with E-state index in [1.54, 1.807) is 7.11 Å². The predicted molar refractivity (Wildman–Crippen MR) is 68.7 cm³/mol. The zero-order chi connectivity index (χ0) is 12.4. The fourth-order valence-electron chi connectivity index (χ4n) is 1.92. The number of hydrogen-bond acceptors (Lipinski definition) is 3. The molecule has 0 bridgehead atoms. The van der Waals surface area contributed by atoms with Crippen LogP contribution < -0.4 is 5.32 Å². The van der Waals surface area contributed by atoms with Crippen molar-refractivity contribution in [2.75, 3.05) is 20.3 Å². The minimum absolute atomic E-state index is 0.253. The van der Waals surface area contributed by atoms with Gasteiger partial charge in [0.1, 0.15) is 0 Å². The molecule has 0 spiro atoms. The summed E-state index contributed by atoms with van der Waals surface area (Å²) >= 11 is 0. The summed E-state index contributed by atoms with van der Waals surface area (Å²) in [6.07, 6.45) is 4.42. The summed E-state index contributed by atoms with van der Waals surface area (Å²) in [5.74, 6) is 0.549. The van der Waals surface area contributed by atoms with Gasteiger partial charge in [0.05, 0.1) is 6.61 Å². The second-order valence-electron chi connectivity index (χ2n) is 4.82. The maximum Gasteiger partial charge on any atom is 0.0615 e. The first-order valence-corrected chi connectivity index (χ1v) is 6.51. The van der Waals surface area contributed by atoms with Gasteiger partial charge in [-0.05, 0) is 18.8 Å². The standard InChI is InChI=1S/C13H29NO2/c1-5-6-7-12(10-16-4)14-13(8-9-15)11(2)3/h11-15H,5-10H2,1-4H3. The molecular formula is C13H29NO2. The van der Waals surface area contributed by atoms with Gasteiger partial charge in [0.15, 0.2) is 0 Å². The molecule has 16 heavy (non-hydrogen) atoms. The number of nitrogens with one attached hydrogen (secondary N) is 1. The summed E-state index contributed by atoms with van der Waals surface area (Å²) in [4.78, 5) is 0. The Morgan fingerprint density at radius 2 is 1.94 bits per heavy atom. The van der Waals surface area contributed by atoms with Gasteiger partial charge in [-0.3, -0.25) is 0 Å². The lowest BCUT2D eigenvalue weighted by atomic mass is 9.99. The Kier molecular flexibility index (Phi) is 9.99. The first-order chi connectivity index (χ1) is 7.65. The van der Waals surface area contributed by atoms with Crippen LogP contribution in [-0.2, 0) is 4.74 Å². The topological polar surface area (TPSA) is 41.5 Å². The highest BCUT2D eigenvalue weighted by Gasteiger charge is 2.17. The second kappa shape index (κ2) is 10.1. The van der Waals surface area contributed by atoms with Crippen LogP contribution in [0.25, 0.3) is 0 Å². The van der Waals surface area contributed by atoms with E-state index in [1.807, 2.05) is 0 Å². The Balaban J connectivity index is 4.09. The highest BCUT2D eigenvalue weighted by molar-refractivity contribution is 4.76. The van der Waals surface area contributed by atoms with Gasteiger partial charge in [-0.25, -0.2) is 0 Å². The van der Waals surface area contributed by atoms with E-state index >= 15 is 0 Å². The van der Waals surface area contributed by atoms with Crippen LogP contribution in [0.5, 0.6) is 0 Å². The molecule has 0 radical (unpaired) electrons. The van der Waals surface area contributed by atoms with Crippen molar-refractivity contribution in [3.63, 3.8) is 0 Å². The lowest BCUT2D eigenvalue weighted by Gasteiger charge is -2.27. The van der Waals surface area contributed by atoms with E-state index in [-0.39, 0.29) is 6.61 Å². The molecule has 3 nitrogen and oxygen atoms in total. The quantitative estimate of drug-likeness (QED) is 0.605. The molecule has 0 aliphatic carbocycles. The molecule has 2 N–H and O–H groups in total. The third kappa shape index (κ3) is 7.20. The van der Waals surface area contributed by atoms with Crippen molar-refractivity contribution in [2.24, 2.45) is 5.92 Å². The van der Waals surface area contributed by atoms with Crippen molar-refractivity contribution in [3.8, 4) is 0 Å². The molecule has 0 aromatic heterocycles. The Hall–Kier alpha value is -0.120. The number of unbranched alkanes of at least 4 members (excludes halogenated alkanes) is 1. The van der Waals surface area contributed by atoms with E-state index in [0.29, 0.717) is 18.0 Å². The van der Waals surface area contributed by atoms with Crippen LogP contribution in [0.15, 0.2) is 0 Å². The molecule has 3 heteroatoms. The maximum absolute atomic E-state index is 9.03. The van der Waals surface area contributed by atoms with Crippen LogP contribution in [0.2, 0.25) is 0 Å². The van der Waals surface area contributed by atoms with E-state index in [4.69, 9.17) is 9.84 Å². The number of aliphatic hydroxyl groups excluding tert-OH is 1. The maximum atomic E-state index is 9.03. The summed E-state index contributed by atoms with van der Waals surface area (Å²) in [6.45, 7) is 7.60. The molecule has 0 aromatic rings. The lowest BCUT2D eigenvalue weighted by molar-refractivity contribution is 0.143. The van der Waals surface area contributed by atoms with Gasteiger partial charge < -0.3 is 15.2 Å². The number of aliphatic hydroxyl groups is 1. The largest absolute Gasteiger partial charge is 0.396 e. The van der Waals surface area contributed by atoms with Gasteiger partial charge >= 0.3 is 0 Å². The van der Waals surface area contributed by atoms with Gasteiger partial charge in [-0.2, -0.15) is 0 Å². The zero-order valence-corrected chi connectivity index (χ0v) is 11.3. The van der Waals surface area contributed by atoms with Crippen molar-refractivity contribution in [1.29, 1.82) is 0 Å². The van der Waals surface area contributed by atoms with Crippen molar-refractivity contribution < 1.29 is 9.84 Å². The number of rotatable bonds is 10. The highest BCUT2D eigenvalue weighted by Crippen LogP contribution is 2.10. The molecule has 0 fully saturated rings. The number of ether oxygens (including phenoxy) is 1. The molecule has 0 saturated heterocycles. The molecule has 0 aliphatic rings. The van der Waals surface area contributed by atoms with Crippen LogP contribution in [0, 0.1) is 5.92 Å². The third-order valence-corrected chi connectivity index (χ3v) is 2.97. The van der Waals surface area contributed by atoms with Crippen LogP contribution in [0.3, 0.4) is 0 Å². The van der Waals surface area contributed by atoms with Gasteiger partial charge in [0, 0.05) is 25.8 Å². The molecule has 0 saturated carbocycles. The SMILES string of the molecule is CCCCC(COC)NC(CCO)C(C)C. The lowest BCUT2D eigenvalue weighted by Crippen LogP contribution is -2.44. The Bertz CT molecular complexity index is 151. The first kappa shape index (κ1) is 15.9. The third-order valence-electron chi connectivity index (χ3n) is 2.97. The fraction of sp³-hybridized carbons (Fsp3) is 1.00. The second-order valence-corrected chi connectivity index (χ2v) is 4.82. The molecule has 0 aromatic carbocycles. The van der Waals surface area contributed by atoms with Gasteiger partial charge in [0.25, 0.3) is 0 Å². The fourth-order valence-corrected chi connectivity index (χ4v) is 1.92. The molecule has 2 unspecified atom stereocenters. The van der Waals surface area contributed by atoms with Crippen molar-refractivity contribution >= 4 is 0 Å². The van der Waals surface area contributed by atoms with Crippen LogP contribution in [0.4, 0.5) is 0 Å². The molecular weight excluding hydrogens is 202 g/mol. The summed E-state index contributed by atoms with van der Waals surface area (Å²) in [5.41, 5.74) is 0. The van der Waals surface area contributed by atoms with Crippen molar-refractivity contribution in [1.82, 2.24) is 5.32 Å². The van der Waals surface area contributed by atoms with Crippen molar-refractivity contribution in [3.05, 3.63) is 0 Å². The molecule has 0 amide bonds. The summed E-state index contributed by atoms with van der Waals surface area (Å²) in [6, 6.07) is 0.811. The molecule has 98 valence electrons. The average Bonchev–Trinajstić information content (AvgIpc) is 2.25.